The van der Waals surface area contributed by atoms with Crippen molar-refractivity contribution in [1.82, 2.24) is 0 Å². The van der Waals surface area contributed by atoms with Crippen molar-refractivity contribution in [3.05, 3.63) is 34.3 Å². The highest BCUT2D eigenvalue weighted by atomic mass is 35.5. The molecule has 2 N–H and O–H groups in total. The lowest BCUT2D eigenvalue weighted by Crippen LogP contribution is -2.37. The molecule has 0 amide bonds. The molecule has 2 rings (SSSR count). The third-order valence-electron chi connectivity index (χ3n) is 2.86. The fourth-order valence-corrected chi connectivity index (χ4v) is 2.11. The second-order valence-electron chi connectivity index (χ2n) is 3.87. The Morgan fingerprint density at radius 3 is 2.93 bits per heavy atom. The molecule has 3 heteroatoms. The first-order chi connectivity index (χ1) is 6.63. The van der Waals surface area contributed by atoms with Gasteiger partial charge in [-0.3, -0.25) is 0 Å². The van der Waals surface area contributed by atoms with Crippen LogP contribution in [0.1, 0.15) is 17.5 Å². The van der Waals surface area contributed by atoms with Crippen LogP contribution in [-0.4, -0.2) is 13.2 Å². The molecule has 1 aromatic rings. The second-order valence-corrected chi connectivity index (χ2v) is 4.28. The number of hydrogen-bond donors (Lipinski definition) is 1. The number of benzene rings is 1. The molecule has 14 heavy (non-hydrogen) atoms. The Hall–Kier alpha value is -0.570. The fraction of sp³-hybridized carbons (Fsp3) is 0.455. The summed E-state index contributed by atoms with van der Waals surface area (Å²) in [4.78, 5) is 0. The van der Waals surface area contributed by atoms with Crippen LogP contribution < -0.4 is 5.73 Å². The van der Waals surface area contributed by atoms with Gasteiger partial charge in [0.1, 0.15) is 0 Å². The zero-order valence-electron chi connectivity index (χ0n) is 8.22. The molecule has 0 saturated carbocycles. The van der Waals surface area contributed by atoms with Crippen LogP contribution in [0.4, 0.5) is 0 Å². The Morgan fingerprint density at radius 1 is 1.50 bits per heavy atom. The maximum atomic E-state index is 6.27. The van der Waals surface area contributed by atoms with Gasteiger partial charge in [-0.05, 0) is 30.5 Å². The predicted octanol–water partition coefficient (Wildman–Crippen LogP) is 2.22. The lowest BCUT2D eigenvalue weighted by molar-refractivity contribution is 0.178. The minimum Gasteiger partial charge on any atom is -0.379 e. The highest BCUT2D eigenvalue weighted by Crippen LogP contribution is 2.32. The first-order valence-corrected chi connectivity index (χ1v) is 5.13. The van der Waals surface area contributed by atoms with E-state index in [4.69, 9.17) is 22.1 Å². The summed E-state index contributed by atoms with van der Waals surface area (Å²) in [5, 5.41) is 0.777. The molecule has 0 aromatic heterocycles. The lowest BCUT2D eigenvalue weighted by Gasteiger charge is -2.24. The summed E-state index contributed by atoms with van der Waals surface area (Å²) >= 11 is 6.06. The van der Waals surface area contributed by atoms with Crippen LogP contribution in [0.15, 0.2) is 18.2 Å². The quantitative estimate of drug-likeness (QED) is 0.773. The number of nitrogens with two attached hydrogens (primary N) is 1. The average molecular weight is 212 g/mol. The Bertz CT molecular complexity index is 345. The van der Waals surface area contributed by atoms with Crippen LogP contribution in [-0.2, 0) is 10.3 Å². The molecule has 0 radical (unpaired) electrons. The van der Waals surface area contributed by atoms with Crippen LogP contribution in [0.3, 0.4) is 0 Å². The van der Waals surface area contributed by atoms with Gasteiger partial charge in [-0.25, -0.2) is 0 Å². The van der Waals surface area contributed by atoms with E-state index in [0.29, 0.717) is 6.61 Å². The topological polar surface area (TPSA) is 35.2 Å². The van der Waals surface area contributed by atoms with Gasteiger partial charge in [0.2, 0.25) is 0 Å². The molecule has 1 heterocycles. The summed E-state index contributed by atoms with van der Waals surface area (Å²) < 4.78 is 5.34. The summed E-state index contributed by atoms with van der Waals surface area (Å²) in [6.07, 6.45) is 0.869. The van der Waals surface area contributed by atoms with E-state index in [1.807, 2.05) is 25.1 Å². The number of halogens is 1. The van der Waals surface area contributed by atoms with E-state index in [1.54, 1.807) is 0 Å². The van der Waals surface area contributed by atoms with E-state index in [1.165, 1.54) is 0 Å². The van der Waals surface area contributed by atoms with Crippen molar-refractivity contribution in [1.29, 1.82) is 0 Å². The van der Waals surface area contributed by atoms with E-state index in [2.05, 4.69) is 0 Å². The normalized spacial score (nSPS) is 26.8. The highest BCUT2D eigenvalue weighted by Gasteiger charge is 2.33. The number of ether oxygens (including phenoxy) is 1. The minimum absolute atomic E-state index is 0.338. The monoisotopic (exact) mass is 211 g/mol. The molecular weight excluding hydrogens is 198 g/mol. The van der Waals surface area contributed by atoms with Gasteiger partial charge in [0.15, 0.2) is 0 Å². The molecule has 1 aliphatic rings. The molecule has 0 spiro atoms. The summed E-state index contributed by atoms with van der Waals surface area (Å²) in [7, 11) is 0. The molecule has 2 nitrogen and oxygen atoms in total. The van der Waals surface area contributed by atoms with Gasteiger partial charge in [-0.2, -0.15) is 0 Å². The molecule has 1 unspecified atom stereocenters. The number of rotatable bonds is 1. The Labute approximate surface area is 89.0 Å². The first-order valence-electron chi connectivity index (χ1n) is 4.76. The molecule has 1 fully saturated rings. The zero-order valence-corrected chi connectivity index (χ0v) is 8.97. The molecule has 1 saturated heterocycles. The summed E-state index contributed by atoms with van der Waals surface area (Å²) in [6, 6.07) is 5.87. The molecule has 1 aliphatic heterocycles. The summed E-state index contributed by atoms with van der Waals surface area (Å²) in [5.74, 6) is 0. The van der Waals surface area contributed by atoms with Crippen LogP contribution in [0.2, 0.25) is 5.02 Å². The smallest absolute Gasteiger partial charge is 0.0689 e. The highest BCUT2D eigenvalue weighted by molar-refractivity contribution is 6.31. The van der Waals surface area contributed by atoms with E-state index >= 15 is 0 Å². The number of hydrogen-bond acceptors (Lipinski definition) is 2. The van der Waals surface area contributed by atoms with Crippen molar-refractivity contribution in [3.63, 3.8) is 0 Å². The summed E-state index contributed by atoms with van der Waals surface area (Å²) in [5.41, 5.74) is 8.11. The minimum atomic E-state index is -0.338. The van der Waals surface area contributed by atoms with Crippen molar-refractivity contribution in [3.8, 4) is 0 Å². The van der Waals surface area contributed by atoms with E-state index < -0.39 is 0 Å². The molecular formula is C11H14ClNO. The van der Waals surface area contributed by atoms with Gasteiger partial charge >= 0.3 is 0 Å². The molecule has 0 bridgehead atoms. The van der Waals surface area contributed by atoms with Crippen molar-refractivity contribution in [2.24, 2.45) is 5.73 Å². The lowest BCUT2D eigenvalue weighted by atomic mass is 9.87. The van der Waals surface area contributed by atoms with Crippen molar-refractivity contribution in [2.45, 2.75) is 18.9 Å². The fourth-order valence-electron chi connectivity index (χ4n) is 1.94. The van der Waals surface area contributed by atoms with E-state index in [-0.39, 0.29) is 5.54 Å². The maximum Gasteiger partial charge on any atom is 0.0689 e. The third kappa shape index (κ3) is 1.54. The molecule has 0 aliphatic carbocycles. The largest absolute Gasteiger partial charge is 0.379 e. The molecule has 76 valence electrons. The maximum absolute atomic E-state index is 6.27. The van der Waals surface area contributed by atoms with Crippen LogP contribution in [0.5, 0.6) is 0 Å². The third-order valence-corrected chi connectivity index (χ3v) is 3.27. The van der Waals surface area contributed by atoms with Gasteiger partial charge in [0.25, 0.3) is 0 Å². The Kier molecular flexibility index (Phi) is 2.52. The molecule has 1 atom stereocenters. The summed E-state index contributed by atoms with van der Waals surface area (Å²) in [6.45, 7) is 3.33. The SMILES string of the molecule is Cc1c(Cl)cccc1C1(N)CCOC1. The van der Waals surface area contributed by atoms with E-state index in [9.17, 15) is 0 Å². The van der Waals surface area contributed by atoms with Crippen LogP contribution in [0.25, 0.3) is 0 Å². The van der Waals surface area contributed by atoms with Crippen molar-refractivity contribution < 1.29 is 4.74 Å². The predicted molar refractivity (Wildman–Crippen MR) is 57.5 cm³/mol. The van der Waals surface area contributed by atoms with Gasteiger partial charge in [-0.1, -0.05) is 23.7 Å². The zero-order chi connectivity index (χ0) is 10.2. The standard InChI is InChI=1S/C11H14ClNO/c1-8-9(3-2-4-10(8)12)11(13)5-6-14-7-11/h2-4H,5-7,13H2,1H3. The van der Waals surface area contributed by atoms with Crippen molar-refractivity contribution in [2.75, 3.05) is 13.2 Å². The Morgan fingerprint density at radius 2 is 2.29 bits per heavy atom. The van der Waals surface area contributed by atoms with Gasteiger partial charge in [0, 0.05) is 11.6 Å². The van der Waals surface area contributed by atoms with E-state index in [0.717, 1.165) is 29.2 Å². The average Bonchev–Trinajstić information content (AvgIpc) is 2.58. The van der Waals surface area contributed by atoms with Crippen molar-refractivity contribution >= 4 is 11.6 Å². The van der Waals surface area contributed by atoms with Gasteiger partial charge < -0.3 is 10.5 Å². The van der Waals surface area contributed by atoms with Gasteiger partial charge in [-0.15, -0.1) is 0 Å². The van der Waals surface area contributed by atoms with Crippen LogP contribution in [0, 0.1) is 6.92 Å². The Balaban J connectivity index is 2.45. The molecule has 1 aromatic carbocycles. The van der Waals surface area contributed by atoms with Crippen LogP contribution >= 0.6 is 11.6 Å². The van der Waals surface area contributed by atoms with Gasteiger partial charge in [0.05, 0.1) is 12.1 Å². The second kappa shape index (κ2) is 3.54. The first kappa shape index (κ1) is 9.97.